The Kier molecular flexibility index (Phi) is 8.35. The Bertz CT molecular complexity index is 954. The normalized spacial score (nSPS) is 22.4. The topological polar surface area (TPSA) is 0 Å². The molecular formula is C25H25Cl2Zr. The van der Waals surface area contributed by atoms with Crippen LogP contribution in [0.2, 0.25) is 0 Å². The van der Waals surface area contributed by atoms with Crippen molar-refractivity contribution in [2.24, 2.45) is 5.41 Å². The van der Waals surface area contributed by atoms with E-state index < -0.39 is 0 Å². The van der Waals surface area contributed by atoms with Gasteiger partial charge in [-0.2, -0.15) is 11.1 Å². The Labute approximate surface area is 201 Å². The predicted octanol–water partition coefficient (Wildman–Crippen LogP) is 0.965. The summed E-state index contributed by atoms with van der Waals surface area (Å²) in [6, 6.07) is 17.5. The predicted molar refractivity (Wildman–Crippen MR) is 107 cm³/mol. The first-order chi connectivity index (χ1) is 11.9. The van der Waals surface area contributed by atoms with Gasteiger partial charge in [-0.15, -0.1) is 6.92 Å². The van der Waals surface area contributed by atoms with Crippen LogP contribution in [-0.4, -0.2) is 0 Å². The monoisotopic (exact) mass is 485 g/mol. The Morgan fingerprint density at radius 3 is 2.07 bits per heavy atom. The molecule has 2 aliphatic rings. The van der Waals surface area contributed by atoms with Crippen molar-refractivity contribution in [1.82, 2.24) is 0 Å². The standard InChI is InChI=1S/C25H25.2ClH.Zr/c1-16-14-23-21(20-10-7-6-8-11-20)12-9-13-22(23)24(16)25(5)15-17(2)18(3)19(25)4;;;/h6-14,24H,1-5H3;2*1H;/q-1;;;+3/p-2. The van der Waals surface area contributed by atoms with Crippen LogP contribution < -0.4 is 24.8 Å². The van der Waals surface area contributed by atoms with Crippen molar-refractivity contribution in [1.29, 1.82) is 0 Å². The zero-order chi connectivity index (χ0) is 17.8. The number of hydrogen-bond donors (Lipinski definition) is 0. The third-order valence-corrected chi connectivity index (χ3v) is 6.29. The molecule has 2 aliphatic carbocycles. The van der Waals surface area contributed by atoms with Crippen molar-refractivity contribution >= 4 is 6.08 Å². The zero-order valence-corrected chi connectivity index (χ0v) is 21.0. The first-order valence-corrected chi connectivity index (χ1v) is 9.10. The molecule has 0 N–H and O–H groups in total. The number of hydrogen-bond acceptors (Lipinski definition) is 0. The number of allylic oxidation sites excluding steroid dienone is 5. The first kappa shape index (κ1) is 25.2. The maximum absolute atomic E-state index is 3.80. The van der Waals surface area contributed by atoms with Crippen LogP contribution in [0.4, 0.5) is 0 Å². The third-order valence-electron chi connectivity index (χ3n) is 6.29. The minimum Gasteiger partial charge on any atom is -1.00 e. The van der Waals surface area contributed by atoms with Crippen molar-refractivity contribution in [3.8, 4) is 11.1 Å². The van der Waals surface area contributed by atoms with Crippen molar-refractivity contribution in [3.05, 3.63) is 88.0 Å². The maximum Gasteiger partial charge on any atom is 3.00 e. The van der Waals surface area contributed by atoms with Gasteiger partial charge < -0.3 is 24.8 Å². The second-order valence-corrected chi connectivity index (χ2v) is 7.70. The summed E-state index contributed by atoms with van der Waals surface area (Å²) in [4.78, 5) is 0. The quantitative estimate of drug-likeness (QED) is 0.554. The molecule has 28 heavy (non-hydrogen) atoms. The van der Waals surface area contributed by atoms with Gasteiger partial charge in [0.2, 0.25) is 0 Å². The van der Waals surface area contributed by atoms with Gasteiger partial charge in [-0.3, -0.25) is 6.08 Å². The summed E-state index contributed by atoms with van der Waals surface area (Å²) in [6.07, 6.45) is 6.20. The third kappa shape index (κ3) is 3.79. The molecule has 1 radical (unpaired) electrons. The molecule has 0 aromatic heterocycles. The minimum atomic E-state index is -0.0463. The number of fused-ring (bicyclic) bond motifs is 1. The Morgan fingerprint density at radius 1 is 0.857 bits per heavy atom. The largest absolute Gasteiger partial charge is 3.00 e. The van der Waals surface area contributed by atoms with Crippen LogP contribution in [0.3, 0.4) is 0 Å². The molecule has 2 aromatic carbocycles. The molecule has 2 unspecified atom stereocenters. The summed E-state index contributed by atoms with van der Waals surface area (Å²) >= 11 is 0. The average Bonchev–Trinajstić information content (AvgIpc) is 3.05. The van der Waals surface area contributed by atoms with E-state index in [4.69, 9.17) is 0 Å². The van der Waals surface area contributed by atoms with E-state index in [0.717, 1.165) is 0 Å². The number of halogens is 2. The van der Waals surface area contributed by atoms with Gasteiger partial charge in [-0.25, -0.2) is 5.57 Å². The van der Waals surface area contributed by atoms with E-state index in [0.29, 0.717) is 5.92 Å². The second kappa shape index (κ2) is 9.29. The summed E-state index contributed by atoms with van der Waals surface area (Å²) in [5, 5.41) is 0. The molecule has 0 saturated carbocycles. The number of benzene rings is 2. The summed E-state index contributed by atoms with van der Waals surface area (Å²) in [5.74, 6) is 0.374. The molecule has 0 spiro atoms. The van der Waals surface area contributed by atoms with Crippen molar-refractivity contribution in [2.75, 3.05) is 0 Å². The molecule has 0 nitrogen and oxygen atoms in total. The van der Waals surface area contributed by atoms with E-state index in [1.54, 1.807) is 0 Å². The van der Waals surface area contributed by atoms with Crippen LogP contribution in [0.1, 0.15) is 51.7 Å². The van der Waals surface area contributed by atoms with Gasteiger partial charge in [0.15, 0.2) is 0 Å². The van der Waals surface area contributed by atoms with Gasteiger partial charge in [0.25, 0.3) is 0 Å². The fraction of sp³-hybridized carbons (Fsp3) is 0.280. The summed E-state index contributed by atoms with van der Waals surface area (Å²) in [6.45, 7) is 11.3. The van der Waals surface area contributed by atoms with Crippen LogP contribution in [0, 0.1) is 11.5 Å². The minimum absolute atomic E-state index is 0. The SMILES string of the molecule is CC1=[C-]C(C)(C2C(C)=Cc3c(-c4ccccc4)cccc32)C(C)=C1C.[Cl-].[Cl-].[Zr+3]. The zero-order valence-electron chi connectivity index (χ0n) is 17.0. The molecule has 0 saturated heterocycles. The van der Waals surface area contributed by atoms with Gasteiger partial charge in [0.05, 0.1) is 0 Å². The van der Waals surface area contributed by atoms with E-state index in [9.17, 15) is 0 Å². The molecule has 3 heteroatoms. The van der Waals surface area contributed by atoms with Gasteiger partial charge in [0, 0.05) is 5.92 Å². The maximum atomic E-state index is 3.80. The fourth-order valence-electron chi connectivity index (χ4n) is 4.72. The van der Waals surface area contributed by atoms with Gasteiger partial charge >= 0.3 is 26.2 Å². The van der Waals surface area contributed by atoms with E-state index in [-0.39, 0.29) is 56.4 Å². The van der Waals surface area contributed by atoms with Crippen molar-refractivity contribution in [3.63, 3.8) is 0 Å². The molecule has 2 atom stereocenters. The van der Waals surface area contributed by atoms with Crippen LogP contribution in [0.5, 0.6) is 0 Å². The fourth-order valence-corrected chi connectivity index (χ4v) is 4.72. The Hall–Kier alpha value is -0.877. The van der Waals surface area contributed by atoms with Crippen molar-refractivity contribution in [2.45, 2.75) is 40.5 Å². The molecule has 4 rings (SSSR count). The van der Waals surface area contributed by atoms with Crippen LogP contribution >= 0.6 is 0 Å². The van der Waals surface area contributed by atoms with E-state index in [1.165, 1.54) is 44.5 Å². The van der Waals surface area contributed by atoms with Crippen molar-refractivity contribution < 1.29 is 51.0 Å². The molecule has 0 fully saturated rings. The van der Waals surface area contributed by atoms with Gasteiger partial charge in [-0.05, 0) is 29.2 Å². The van der Waals surface area contributed by atoms with Gasteiger partial charge in [0.1, 0.15) is 0 Å². The van der Waals surface area contributed by atoms with Crippen LogP contribution in [0.25, 0.3) is 17.2 Å². The molecule has 2 aromatic rings. The van der Waals surface area contributed by atoms with E-state index in [2.05, 4.69) is 95.3 Å². The average molecular weight is 488 g/mol. The van der Waals surface area contributed by atoms with E-state index >= 15 is 0 Å². The summed E-state index contributed by atoms with van der Waals surface area (Å²) in [7, 11) is 0. The van der Waals surface area contributed by atoms with Crippen LogP contribution in [-0.2, 0) is 26.2 Å². The Balaban J connectivity index is 0.00000131. The molecule has 0 aliphatic heterocycles. The Morgan fingerprint density at radius 2 is 1.50 bits per heavy atom. The summed E-state index contributed by atoms with van der Waals surface area (Å²) < 4.78 is 0. The summed E-state index contributed by atoms with van der Waals surface area (Å²) in [5.41, 5.74) is 11.0. The molecule has 0 bridgehead atoms. The first-order valence-electron chi connectivity index (χ1n) is 9.10. The second-order valence-electron chi connectivity index (χ2n) is 7.70. The smallest absolute Gasteiger partial charge is 1.00 e. The molecule has 0 amide bonds. The van der Waals surface area contributed by atoms with E-state index in [1.807, 2.05) is 0 Å². The molecule has 0 heterocycles. The molecule has 143 valence electrons. The number of rotatable bonds is 2. The molecular weight excluding hydrogens is 462 g/mol. The van der Waals surface area contributed by atoms with Crippen LogP contribution in [0.15, 0.2) is 70.8 Å². The van der Waals surface area contributed by atoms with Gasteiger partial charge in [-0.1, -0.05) is 86.4 Å².